The van der Waals surface area contributed by atoms with E-state index in [1.54, 1.807) is 18.2 Å². The predicted molar refractivity (Wildman–Crippen MR) is 55.0 cm³/mol. The first-order valence-electron chi connectivity index (χ1n) is 5.15. The van der Waals surface area contributed by atoms with Gasteiger partial charge in [-0.1, -0.05) is 24.3 Å². The first kappa shape index (κ1) is 11.0. The first-order valence-corrected chi connectivity index (χ1v) is 5.15. The number of aliphatic imine (C=N–C) groups is 1. The highest BCUT2D eigenvalue weighted by Gasteiger charge is 2.38. The maximum absolute atomic E-state index is 12.4. The molecular formula is C12H11F2NO. The van der Waals surface area contributed by atoms with Crippen molar-refractivity contribution in [1.29, 1.82) is 0 Å². The molecule has 1 aliphatic carbocycles. The SMILES string of the molecule is O=C=NC1(c2ccc(C(F)F)cc2)CCC1. The third-order valence-corrected chi connectivity index (χ3v) is 3.14. The molecule has 2 rings (SSSR count). The lowest BCUT2D eigenvalue weighted by atomic mass is 9.72. The van der Waals surface area contributed by atoms with Crippen molar-refractivity contribution in [3.8, 4) is 0 Å². The van der Waals surface area contributed by atoms with Gasteiger partial charge in [-0.3, -0.25) is 0 Å². The number of alkyl halides is 2. The minimum Gasteiger partial charge on any atom is -0.211 e. The van der Waals surface area contributed by atoms with E-state index >= 15 is 0 Å². The first-order chi connectivity index (χ1) is 7.68. The second kappa shape index (κ2) is 4.14. The average molecular weight is 223 g/mol. The smallest absolute Gasteiger partial charge is 0.211 e. The molecule has 1 saturated carbocycles. The van der Waals surface area contributed by atoms with Crippen LogP contribution >= 0.6 is 0 Å². The molecule has 0 unspecified atom stereocenters. The van der Waals surface area contributed by atoms with Crippen molar-refractivity contribution in [3.05, 3.63) is 35.4 Å². The summed E-state index contributed by atoms with van der Waals surface area (Å²) in [7, 11) is 0. The molecule has 0 atom stereocenters. The van der Waals surface area contributed by atoms with Crippen LogP contribution in [0.15, 0.2) is 29.3 Å². The third-order valence-electron chi connectivity index (χ3n) is 3.14. The molecule has 0 N–H and O–H groups in total. The number of hydrogen-bond acceptors (Lipinski definition) is 2. The van der Waals surface area contributed by atoms with Gasteiger partial charge in [-0.2, -0.15) is 4.99 Å². The summed E-state index contributed by atoms with van der Waals surface area (Å²) in [5.41, 5.74) is 0.322. The fourth-order valence-corrected chi connectivity index (χ4v) is 2.00. The van der Waals surface area contributed by atoms with Crippen molar-refractivity contribution in [1.82, 2.24) is 0 Å². The molecule has 0 spiro atoms. The Bertz CT molecular complexity index is 417. The molecule has 0 saturated heterocycles. The molecule has 0 heterocycles. The molecular weight excluding hydrogens is 212 g/mol. The van der Waals surface area contributed by atoms with Crippen LogP contribution in [0.4, 0.5) is 8.78 Å². The summed E-state index contributed by atoms with van der Waals surface area (Å²) in [4.78, 5) is 14.2. The highest BCUT2D eigenvalue weighted by atomic mass is 19.3. The number of rotatable bonds is 3. The monoisotopic (exact) mass is 223 g/mol. The van der Waals surface area contributed by atoms with E-state index in [2.05, 4.69) is 4.99 Å². The summed E-state index contributed by atoms with van der Waals surface area (Å²) in [5.74, 6) is 0. The summed E-state index contributed by atoms with van der Waals surface area (Å²) < 4.78 is 24.7. The van der Waals surface area contributed by atoms with E-state index in [-0.39, 0.29) is 5.56 Å². The standard InChI is InChI=1S/C12H11F2NO/c13-11(14)9-2-4-10(5-3-9)12(15-8-16)6-1-7-12/h2-5,11H,1,6-7H2. The minimum atomic E-state index is -2.46. The number of isocyanates is 1. The number of hydrogen-bond donors (Lipinski definition) is 0. The van der Waals surface area contributed by atoms with Gasteiger partial charge in [0.05, 0.1) is 5.54 Å². The van der Waals surface area contributed by atoms with E-state index in [1.165, 1.54) is 12.1 Å². The summed E-state index contributed by atoms with van der Waals surface area (Å²) >= 11 is 0. The van der Waals surface area contributed by atoms with Crippen molar-refractivity contribution in [2.75, 3.05) is 0 Å². The van der Waals surface area contributed by atoms with Gasteiger partial charge in [-0.15, -0.1) is 0 Å². The van der Waals surface area contributed by atoms with Crippen LogP contribution in [0.5, 0.6) is 0 Å². The van der Waals surface area contributed by atoms with E-state index in [9.17, 15) is 13.6 Å². The van der Waals surface area contributed by atoms with Gasteiger partial charge < -0.3 is 0 Å². The second-order valence-corrected chi connectivity index (χ2v) is 4.01. The molecule has 1 aliphatic rings. The molecule has 0 aromatic heterocycles. The van der Waals surface area contributed by atoms with Crippen molar-refractivity contribution < 1.29 is 13.6 Å². The Morgan fingerprint density at radius 1 is 1.25 bits per heavy atom. The fourth-order valence-electron chi connectivity index (χ4n) is 2.00. The quantitative estimate of drug-likeness (QED) is 0.570. The van der Waals surface area contributed by atoms with Crippen LogP contribution in [-0.2, 0) is 10.3 Å². The Balaban J connectivity index is 2.30. The van der Waals surface area contributed by atoms with Gasteiger partial charge in [-0.25, -0.2) is 13.6 Å². The molecule has 16 heavy (non-hydrogen) atoms. The van der Waals surface area contributed by atoms with Crippen LogP contribution in [0.2, 0.25) is 0 Å². The van der Waals surface area contributed by atoms with Gasteiger partial charge >= 0.3 is 0 Å². The molecule has 84 valence electrons. The van der Waals surface area contributed by atoms with Crippen molar-refractivity contribution in [2.45, 2.75) is 31.2 Å². The lowest BCUT2D eigenvalue weighted by Gasteiger charge is -2.37. The molecule has 1 aromatic carbocycles. The van der Waals surface area contributed by atoms with Gasteiger partial charge in [0.15, 0.2) is 0 Å². The molecule has 0 aliphatic heterocycles. The second-order valence-electron chi connectivity index (χ2n) is 4.01. The number of benzene rings is 1. The average Bonchev–Trinajstić information content (AvgIpc) is 2.23. The normalized spacial score (nSPS) is 17.7. The lowest BCUT2D eigenvalue weighted by molar-refractivity contribution is 0.151. The largest absolute Gasteiger partial charge is 0.263 e. The van der Waals surface area contributed by atoms with Gasteiger partial charge in [0.1, 0.15) is 0 Å². The van der Waals surface area contributed by atoms with Crippen molar-refractivity contribution in [2.24, 2.45) is 4.99 Å². The van der Waals surface area contributed by atoms with Crippen LogP contribution in [0.1, 0.15) is 36.8 Å². The van der Waals surface area contributed by atoms with Gasteiger partial charge in [-0.05, 0) is 24.8 Å². The maximum Gasteiger partial charge on any atom is 0.263 e. The summed E-state index contributed by atoms with van der Waals surface area (Å²) in [6, 6.07) is 6.03. The van der Waals surface area contributed by atoms with Gasteiger partial charge in [0, 0.05) is 5.56 Å². The minimum absolute atomic E-state index is 0.00620. The van der Waals surface area contributed by atoms with Crippen molar-refractivity contribution >= 4 is 6.08 Å². The Labute approximate surface area is 92.0 Å². The van der Waals surface area contributed by atoms with E-state index in [0.29, 0.717) is 0 Å². The van der Waals surface area contributed by atoms with Gasteiger partial charge in [0.2, 0.25) is 6.08 Å². The third kappa shape index (κ3) is 1.76. The molecule has 1 fully saturated rings. The van der Waals surface area contributed by atoms with Crippen LogP contribution < -0.4 is 0 Å². The van der Waals surface area contributed by atoms with Crippen LogP contribution in [-0.4, -0.2) is 6.08 Å². The Kier molecular flexibility index (Phi) is 2.84. The number of halogens is 2. The predicted octanol–water partition coefficient (Wildman–Crippen LogP) is 3.34. The summed E-state index contributed by atoms with van der Waals surface area (Å²) in [6.45, 7) is 0. The number of nitrogens with zero attached hydrogens (tertiary/aromatic N) is 1. The Hall–Kier alpha value is -1.54. The van der Waals surface area contributed by atoms with Gasteiger partial charge in [0.25, 0.3) is 6.43 Å². The molecule has 0 bridgehead atoms. The molecule has 2 nitrogen and oxygen atoms in total. The van der Waals surface area contributed by atoms with Crippen molar-refractivity contribution in [3.63, 3.8) is 0 Å². The van der Waals surface area contributed by atoms with E-state index in [0.717, 1.165) is 24.8 Å². The Morgan fingerprint density at radius 2 is 1.88 bits per heavy atom. The molecule has 0 radical (unpaired) electrons. The zero-order valence-corrected chi connectivity index (χ0v) is 8.62. The zero-order valence-electron chi connectivity index (χ0n) is 8.62. The van der Waals surface area contributed by atoms with Crippen LogP contribution in [0, 0.1) is 0 Å². The van der Waals surface area contributed by atoms with E-state index in [4.69, 9.17) is 0 Å². The summed E-state index contributed by atoms with van der Waals surface area (Å²) in [5, 5.41) is 0. The van der Waals surface area contributed by atoms with Crippen LogP contribution in [0.3, 0.4) is 0 Å². The van der Waals surface area contributed by atoms with Crippen LogP contribution in [0.25, 0.3) is 0 Å². The molecule has 4 heteroatoms. The van der Waals surface area contributed by atoms with E-state index < -0.39 is 12.0 Å². The zero-order chi connectivity index (χ0) is 11.6. The molecule has 0 amide bonds. The summed E-state index contributed by atoms with van der Waals surface area (Å²) in [6.07, 6.45) is 1.69. The molecule has 1 aromatic rings. The fraction of sp³-hybridized carbons (Fsp3) is 0.417. The van der Waals surface area contributed by atoms with E-state index in [1.807, 2.05) is 0 Å². The highest BCUT2D eigenvalue weighted by molar-refractivity contribution is 5.40. The topological polar surface area (TPSA) is 29.4 Å². The Morgan fingerprint density at radius 3 is 2.25 bits per heavy atom. The number of carbonyl (C=O) groups excluding carboxylic acids is 1. The lowest BCUT2D eigenvalue weighted by Crippen LogP contribution is -2.31. The maximum atomic E-state index is 12.4. The highest BCUT2D eigenvalue weighted by Crippen LogP contribution is 2.44.